The van der Waals surface area contributed by atoms with Crippen LogP contribution in [0.2, 0.25) is 0 Å². The lowest BCUT2D eigenvalue weighted by molar-refractivity contribution is -0.140. The van der Waals surface area contributed by atoms with Crippen LogP contribution >= 0.6 is 0 Å². The maximum atomic E-state index is 13.7. The molecule has 168 valence electrons. The van der Waals surface area contributed by atoms with E-state index in [0.717, 1.165) is 27.8 Å². The molecule has 0 fully saturated rings. The number of nitrogens with zero attached hydrogens (tertiary/aromatic N) is 2. The highest BCUT2D eigenvalue weighted by molar-refractivity contribution is 7.92. The van der Waals surface area contributed by atoms with Crippen molar-refractivity contribution in [2.45, 2.75) is 32.9 Å². The van der Waals surface area contributed by atoms with Gasteiger partial charge in [0.1, 0.15) is 18.4 Å². The first kappa shape index (κ1) is 24.3. The van der Waals surface area contributed by atoms with Gasteiger partial charge < -0.3 is 10.2 Å². The third kappa shape index (κ3) is 6.52. The molecule has 0 aliphatic heterocycles. The van der Waals surface area contributed by atoms with Crippen LogP contribution in [0.1, 0.15) is 24.5 Å². The average molecular weight is 450 g/mol. The third-order valence-electron chi connectivity index (χ3n) is 4.84. The van der Waals surface area contributed by atoms with Crippen molar-refractivity contribution in [1.82, 2.24) is 10.2 Å². The second-order valence-electron chi connectivity index (χ2n) is 7.30. The average Bonchev–Trinajstić information content (AvgIpc) is 2.70. The van der Waals surface area contributed by atoms with Gasteiger partial charge in [0.05, 0.1) is 11.9 Å². The van der Waals surface area contributed by atoms with Crippen LogP contribution < -0.4 is 9.62 Å². The molecule has 0 aromatic heterocycles. The number of hydrogen-bond acceptors (Lipinski definition) is 4. The maximum Gasteiger partial charge on any atom is 0.244 e. The van der Waals surface area contributed by atoms with Crippen molar-refractivity contribution in [2.24, 2.45) is 0 Å². The fourth-order valence-electron chi connectivity index (χ4n) is 3.34. The molecule has 2 aromatic rings. The monoisotopic (exact) mass is 449 g/mol. The number of benzene rings is 2. The van der Waals surface area contributed by atoms with E-state index in [4.69, 9.17) is 0 Å². The van der Waals surface area contributed by atoms with Crippen LogP contribution in [-0.2, 0) is 26.2 Å². The number of rotatable bonds is 9. The van der Waals surface area contributed by atoms with Crippen molar-refractivity contribution in [3.05, 3.63) is 65.5 Å². The number of hydrogen-bond donors (Lipinski definition) is 1. The summed E-state index contributed by atoms with van der Waals surface area (Å²) in [6, 6.07) is 11.7. The molecule has 1 atom stereocenters. The van der Waals surface area contributed by atoms with E-state index >= 15 is 0 Å². The largest absolute Gasteiger partial charge is 0.357 e. The first-order valence-corrected chi connectivity index (χ1v) is 11.7. The number of likely N-dealkylation sites (N-methyl/N-ethyl adjacent to an activating group) is 1. The first-order valence-electron chi connectivity index (χ1n) is 9.86. The van der Waals surface area contributed by atoms with Crippen LogP contribution in [0.5, 0.6) is 0 Å². The fourth-order valence-corrected chi connectivity index (χ4v) is 4.18. The van der Waals surface area contributed by atoms with Crippen molar-refractivity contribution in [2.75, 3.05) is 24.2 Å². The second kappa shape index (κ2) is 10.4. The van der Waals surface area contributed by atoms with Crippen LogP contribution in [-0.4, -0.2) is 51.0 Å². The van der Waals surface area contributed by atoms with Crippen molar-refractivity contribution in [1.29, 1.82) is 0 Å². The molecule has 0 spiro atoms. The van der Waals surface area contributed by atoms with E-state index in [1.807, 2.05) is 31.2 Å². The number of amides is 2. The van der Waals surface area contributed by atoms with Crippen molar-refractivity contribution >= 4 is 27.5 Å². The predicted octanol–water partition coefficient (Wildman–Crippen LogP) is 2.45. The number of sulfonamides is 1. The summed E-state index contributed by atoms with van der Waals surface area (Å²) in [6.45, 7) is 3.27. The SMILES string of the molecule is CC[C@H](C(=O)NC)N(Cc1cccc(C)c1)C(=O)CN(c1cccc(F)c1)S(C)(=O)=O. The molecule has 0 aliphatic rings. The molecule has 0 heterocycles. The van der Waals surface area contributed by atoms with Gasteiger partial charge in [0, 0.05) is 13.6 Å². The highest BCUT2D eigenvalue weighted by Gasteiger charge is 2.31. The minimum Gasteiger partial charge on any atom is -0.357 e. The molecule has 0 saturated carbocycles. The van der Waals surface area contributed by atoms with Gasteiger partial charge >= 0.3 is 0 Å². The molecule has 2 aromatic carbocycles. The normalized spacial score (nSPS) is 12.2. The molecule has 9 heteroatoms. The number of carbonyl (C=O) groups excluding carboxylic acids is 2. The molecule has 1 N–H and O–H groups in total. The summed E-state index contributed by atoms with van der Waals surface area (Å²) in [5.41, 5.74) is 1.85. The molecular weight excluding hydrogens is 421 g/mol. The summed E-state index contributed by atoms with van der Waals surface area (Å²) in [6.07, 6.45) is 1.29. The smallest absolute Gasteiger partial charge is 0.244 e. The Hall–Kier alpha value is -2.94. The van der Waals surface area contributed by atoms with Gasteiger partial charge in [-0.1, -0.05) is 42.8 Å². The molecule has 2 amide bonds. The third-order valence-corrected chi connectivity index (χ3v) is 5.98. The van der Waals surface area contributed by atoms with Crippen molar-refractivity contribution in [3.8, 4) is 0 Å². The molecule has 2 rings (SSSR count). The molecule has 0 bridgehead atoms. The van der Waals surface area contributed by atoms with Gasteiger partial charge in [-0.05, 0) is 37.1 Å². The predicted molar refractivity (Wildman–Crippen MR) is 118 cm³/mol. The van der Waals surface area contributed by atoms with Gasteiger partial charge in [-0.25, -0.2) is 12.8 Å². The lowest BCUT2D eigenvalue weighted by Crippen LogP contribution is -2.51. The summed E-state index contributed by atoms with van der Waals surface area (Å²) in [7, 11) is -2.40. The van der Waals surface area contributed by atoms with E-state index in [2.05, 4.69) is 5.32 Å². The van der Waals surface area contributed by atoms with Gasteiger partial charge in [-0.15, -0.1) is 0 Å². The van der Waals surface area contributed by atoms with Crippen LogP contribution in [0.25, 0.3) is 0 Å². The summed E-state index contributed by atoms with van der Waals surface area (Å²) in [5, 5.41) is 2.56. The molecule has 0 aliphatic carbocycles. The number of nitrogens with one attached hydrogen (secondary N) is 1. The van der Waals surface area contributed by atoms with Crippen molar-refractivity contribution < 1.29 is 22.4 Å². The van der Waals surface area contributed by atoms with E-state index in [0.29, 0.717) is 6.42 Å². The summed E-state index contributed by atoms with van der Waals surface area (Å²) in [4.78, 5) is 27.1. The van der Waals surface area contributed by atoms with E-state index in [9.17, 15) is 22.4 Å². The highest BCUT2D eigenvalue weighted by Crippen LogP contribution is 2.20. The van der Waals surface area contributed by atoms with E-state index in [1.165, 1.54) is 30.1 Å². The Bertz CT molecular complexity index is 1040. The van der Waals surface area contributed by atoms with Gasteiger partial charge in [-0.2, -0.15) is 0 Å². The lowest BCUT2D eigenvalue weighted by Gasteiger charge is -2.32. The van der Waals surface area contributed by atoms with Crippen molar-refractivity contribution in [3.63, 3.8) is 0 Å². The van der Waals surface area contributed by atoms with Crippen LogP contribution in [0, 0.1) is 12.7 Å². The first-order chi connectivity index (χ1) is 14.6. The van der Waals surface area contributed by atoms with Crippen LogP contribution in [0.15, 0.2) is 48.5 Å². The van der Waals surface area contributed by atoms with E-state index in [-0.39, 0.29) is 18.1 Å². The molecular formula is C22H28FN3O4S. The Morgan fingerprint density at radius 3 is 2.35 bits per heavy atom. The summed E-state index contributed by atoms with van der Waals surface area (Å²) >= 11 is 0. The molecule has 0 unspecified atom stereocenters. The minimum atomic E-state index is -3.88. The van der Waals surface area contributed by atoms with E-state index in [1.54, 1.807) is 6.92 Å². The number of halogens is 1. The topological polar surface area (TPSA) is 86.8 Å². The Morgan fingerprint density at radius 1 is 1.13 bits per heavy atom. The minimum absolute atomic E-state index is 0.0411. The number of anilines is 1. The standard InChI is InChI=1S/C22H28FN3O4S/c1-5-20(22(28)24-3)25(14-17-9-6-8-16(2)12-17)21(27)15-26(31(4,29)30)19-11-7-10-18(23)13-19/h6-13,20H,5,14-15H2,1-4H3,(H,24,28)/t20-/m1/s1. The number of carbonyl (C=O) groups is 2. The molecule has 0 radical (unpaired) electrons. The van der Waals surface area contributed by atoms with Crippen LogP contribution in [0.3, 0.4) is 0 Å². The summed E-state index contributed by atoms with van der Waals surface area (Å²) < 4.78 is 39.3. The quantitative estimate of drug-likeness (QED) is 0.637. The van der Waals surface area contributed by atoms with Gasteiger partial charge in [0.25, 0.3) is 0 Å². The molecule has 7 nitrogen and oxygen atoms in total. The molecule has 0 saturated heterocycles. The Labute approximate surface area is 182 Å². The Balaban J connectivity index is 2.43. The zero-order valence-electron chi connectivity index (χ0n) is 18.1. The number of aryl methyl sites for hydroxylation is 1. The van der Waals surface area contributed by atoms with Gasteiger partial charge in [0.15, 0.2) is 0 Å². The zero-order chi connectivity index (χ0) is 23.2. The zero-order valence-corrected chi connectivity index (χ0v) is 18.9. The Morgan fingerprint density at radius 2 is 1.81 bits per heavy atom. The van der Waals surface area contributed by atoms with Gasteiger partial charge in [0.2, 0.25) is 21.8 Å². The fraction of sp³-hybridized carbons (Fsp3) is 0.364. The lowest BCUT2D eigenvalue weighted by atomic mass is 10.1. The van der Waals surface area contributed by atoms with Gasteiger partial charge in [-0.3, -0.25) is 13.9 Å². The summed E-state index contributed by atoms with van der Waals surface area (Å²) in [5.74, 6) is -1.53. The maximum absolute atomic E-state index is 13.7. The van der Waals surface area contributed by atoms with Crippen LogP contribution in [0.4, 0.5) is 10.1 Å². The Kier molecular flexibility index (Phi) is 8.15. The molecule has 31 heavy (non-hydrogen) atoms. The second-order valence-corrected chi connectivity index (χ2v) is 9.21. The highest BCUT2D eigenvalue weighted by atomic mass is 32.2. The van der Waals surface area contributed by atoms with E-state index < -0.39 is 34.3 Å².